The van der Waals surface area contributed by atoms with Gasteiger partial charge in [-0.25, -0.2) is 12.8 Å². The average Bonchev–Trinajstić information content (AvgIpc) is 2.38. The van der Waals surface area contributed by atoms with Gasteiger partial charge in [-0.1, -0.05) is 0 Å². The molecule has 1 saturated heterocycles. The van der Waals surface area contributed by atoms with Crippen LogP contribution in [0, 0.1) is 18.7 Å². The van der Waals surface area contributed by atoms with E-state index in [1.807, 2.05) is 0 Å². The smallest absolute Gasteiger partial charge is 0.243 e. The third-order valence-corrected chi connectivity index (χ3v) is 6.09. The molecule has 0 bridgehead atoms. The Kier molecular flexibility index (Phi) is 4.34. The number of nitrogens with two attached hydrogens (primary N) is 1. The Morgan fingerprint density at radius 1 is 1.38 bits per heavy atom. The maximum absolute atomic E-state index is 13.2. The Hall–Kier alpha value is -1.47. The number of halogens is 1. The van der Waals surface area contributed by atoms with Crippen molar-refractivity contribution < 1.29 is 17.6 Å². The molecule has 1 aliphatic rings. The summed E-state index contributed by atoms with van der Waals surface area (Å²) in [6, 6.07) is 3.36. The molecule has 5 nitrogen and oxygen atoms in total. The number of rotatable bonds is 3. The van der Waals surface area contributed by atoms with Crippen molar-refractivity contribution >= 4 is 15.9 Å². The van der Waals surface area contributed by atoms with Gasteiger partial charge in [0.1, 0.15) is 5.82 Å². The van der Waals surface area contributed by atoms with Gasteiger partial charge in [0.15, 0.2) is 0 Å². The number of nitrogens with zero attached hydrogens (tertiary/aromatic N) is 1. The highest BCUT2D eigenvalue weighted by Crippen LogP contribution is 2.29. The van der Waals surface area contributed by atoms with E-state index in [2.05, 4.69) is 0 Å². The van der Waals surface area contributed by atoms with Crippen molar-refractivity contribution in [3.8, 4) is 0 Å². The lowest BCUT2D eigenvalue weighted by molar-refractivity contribution is -0.123. The van der Waals surface area contributed by atoms with Gasteiger partial charge in [-0.2, -0.15) is 4.31 Å². The van der Waals surface area contributed by atoms with E-state index in [1.165, 1.54) is 16.4 Å². The highest BCUT2D eigenvalue weighted by atomic mass is 32.2. The predicted molar refractivity (Wildman–Crippen MR) is 76.4 cm³/mol. The molecule has 1 aromatic carbocycles. The van der Waals surface area contributed by atoms with Crippen LogP contribution in [0.5, 0.6) is 0 Å². The lowest BCUT2D eigenvalue weighted by atomic mass is 9.95. The van der Waals surface area contributed by atoms with Gasteiger partial charge < -0.3 is 5.73 Å². The monoisotopic (exact) mass is 314 g/mol. The largest absolute Gasteiger partial charge is 0.369 e. The Morgan fingerprint density at radius 2 is 2.05 bits per heavy atom. The molecule has 2 atom stereocenters. The SMILES string of the molecule is Cc1cc(F)ccc1S(=O)(=O)N1CC(C(N)=O)CCC1C. The highest BCUT2D eigenvalue weighted by Gasteiger charge is 2.37. The zero-order chi connectivity index (χ0) is 15.8. The first-order valence-corrected chi connectivity index (χ1v) is 8.25. The number of primary amides is 1. The summed E-state index contributed by atoms with van der Waals surface area (Å²) in [7, 11) is -3.77. The molecule has 2 unspecified atom stereocenters. The summed E-state index contributed by atoms with van der Waals surface area (Å²) in [6.07, 6.45) is 1.16. The lowest BCUT2D eigenvalue weighted by Gasteiger charge is -2.36. The van der Waals surface area contributed by atoms with Crippen LogP contribution in [-0.2, 0) is 14.8 Å². The average molecular weight is 314 g/mol. The highest BCUT2D eigenvalue weighted by molar-refractivity contribution is 7.89. The second kappa shape index (κ2) is 5.73. The van der Waals surface area contributed by atoms with Crippen molar-refractivity contribution in [3.05, 3.63) is 29.6 Å². The van der Waals surface area contributed by atoms with Crippen LogP contribution in [0.4, 0.5) is 4.39 Å². The number of sulfonamides is 1. The van der Waals surface area contributed by atoms with E-state index in [0.29, 0.717) is 18.4 Å². The molecule has 0 spiro atoms. The van der Waals surface area contributed by atoms with Crippen LogP contribution in [-0.4, -0.2) is 31.2 Å². The Balaban J connectivity index is 2.39. The van der Waals surface area contributed by atoms with Crippen LogP contribution in [0.1, 0.15) is 25.3 Å². The molecular weight excluding hydrogens is 295 g/mol. The van der Waals surface area contributed by atoms with Crippen molar-refractivity contribution in [2.75, 3.05) is 6.54 Å². The van der Waals surface area contributed by atoms with Gasteiger partial charge in [0.25, 0.3) is 0 Å². The number of amides is 1. The standard InChI is InChI=1S/C14H19FN2O3S/c1-9-7-12(15)5-6-13(9)21(19,20)17-8-11(14(16)18)4-3-10(17)2/h5-7,10-11H,3-4,8H2,1-2H3,(H2,16,18). The first-order valence-electron chi connectivity index (χ1n) is 6.81. The van der Waals surface area contributed by atoms with Crippen molar-refractivity contribution in [2.24, 2.45) is 11.7 Å². The normalized spacial score (nSPS) is 24.0. The van der Waals surface area contributed by atoms with E-state index in [0.717, 1.165) is 6.07 Å². The van der Waals surface area contributed by atoms with Crippen LogP contribution < -0.4 is 5.73 Å². The minimum atomic E-state index is -3.77. The molecule has 116 valence electrons. The molecule has 0 saturated carbocycles. The molecule has 1 amide bonds. The molecule has 2 N–H and O–H groups in total. The third-order valence-electron chi connectivity index (χ3n) is 3.95. The van der Waals surface area contributed by atoms with E-state index in [-0.39, 0.29) is 17.5 Å². The summed E-state index contributed by atoms with van der Waals surface area (Å²) < 4.78 is 39.9. The van der Waals surface area contributed by atoms with E-state index < -0.39 is 27.7 Å². The Morgan fingerprint density at radius 3 is 2.62 bits per heavy atom. The number of carbonyl (C=O) groups excluding carboxylic acids is 1. The van der Waals surface area contributed by atoms with Crippen molar-refractivity contribution in [2.45, 2.75) is 37.6 Å². The van der Waals surface area contributed by atoms with Crippen LogP contribution >= 0.6 is 0 Å². The first kappa shape index (κ1) is 15.9. The second-order valence-corrected chi connectivity index (χ2v) is 7.37. The molecule has 0 radical (unpaired) electrons. The molecule has 21 heavy (non-hydrogen) atoms. The van der Waals surface area contributed by atoms with E-state index in [4.69, 9.17) is 5.73 Å². The topological polar surface area (TPSA) is 80.5 Å². The van der Waals surface area contributed by atoms with Gasteiger partial charge in [-0.3, -0.25) is 4.79 Å². The molecule has 1 aromatic rings. The minimum absolute atomic E-state index is 0.0703. The van der Waals surface area contributed by atoms with Crippen molar-refractivity contribution in [3.63, 3.8) is 0 Å². The van der Waals surface area contributed by atoms with Crippen LogP contribution in [0.3, 0.4) is 0 Å². The van der Waals surface area contributed by atoms with E-state index >= 15 is 0 Å². The summed E-state index contributed by atoms with van der Waals surface area (Å²) in [4.78, 5) is 11.4. The van der Waals surface area contributed by atoms with Crippen LogP contribution in [0.2, 0.25) is 0 Å². The third kappa shape index (κ3) is 3.08. The fraction of sp³-hybridized carbons (Fsp3) is 0.500. The molecule has 1 aliphatic heterocycles. The van der Waals surface area contributed by atoms with Crippen LogP contribution in [0.25, 0.3) is 0 Å². The van der Waals surface area contributed by atoms with Gasteiger partial charge in [0.2, 0.25) is 15.9 Å². The molecule has 2 rings (SSSR count). The summed E-state index contributed by atoms with van der Waals surface area (Å²) in [6.45, 7) is 3.43. The van der Waals surface area contributed by atoms with Gasteiger partial charge in [-0.05, 0) is 50.5 Å². The molecule has 7 heteroatoms. The Labute approximate surface area is 124 Å². The zero-order valence-electron chi connectivity index (χ0n) is 12.0. The minimum Gasteiger partial charge on any atom is -0.369 e. The summed E-state index contributed by atoms with van der Waals surface area (Å²) in [5, 5.41) is 0. The quantitative estimate of drug-likeness (QED) is 0.916. The maximum Gasteiger partial charge on any atom is 0.243 e. The molecule has 1 heterocycles. The van der Waals surface area contributed by atoms with Gasteiger partial charge in [-0.15, -0.1) is 0 Å². The number of benzene rings is 1. The molecule has 0 aromatic heterocycles. The zero-order valence-corrected chi connectivity index (χ0v) is 12.9. The fourth-order valence-electron chi connectivity index (χ4n) is 2.67. The Bertz CT molecular complexity index is 660. The van der Waals surface area contributed by atoms with Crippen molar-refractivity contribution in [1.82, 2.24) is 4.31 Å². The number of piperidine rings is 1. The van der Waals surface area contributed by atoms with E-state index in [1.54, 1.807) is 13.8 Å². The van der Waals surface area contributed by atoms with Crippen molar-refractivity contribution in [1.29, 1.82) is 0 Å². The summed E-state index contributed by atoms with van der Waals surface area (Å²) in [5.41, 5.74) is 5.65. The predicted octanol–water partition coefficient (Wildman–Crippen LogP) is 1.41. The molecular formula is C14H19FN2O3S. The lowest BCUT2D eigenvalue weighted by Crippen LogP contribution is -2.48. The number of carbonyl (C=O) groups is 1. The first-order chi connectivity index (χ1) is 9.73. The molecule has 0 aliphatic carbocycles. The summed E-state index contributed by atoms with van der Waals surface area (Å²) >= 11 is 0. The number of hydrogen-bond acceptors (Lipinski definition) is 3. The number of hydrogen-bond donors (Lipinski definition) is 1. The maximum atomic E-state index is 13.2. The van der Waals surface area contributed by atoms with Gasteiger partial charge in [0.05, 0.1) is 10.8 Å². The summed E-state index contributed by atoms with van der Waals surface area (Å²) in [5.74, 6) is -1.44. The van der Waals surface area contributed by atoms with Gasteiger partial charge in [0, 0.05) is 12.6 Å². The fourth-order valence-corrected chi connectivity index (χ4v) is 4.58. The van der Waals surface area contributed by atoms with Crippen LogP contribution in [0.15, 0.2) is 23.1 Å². The number of aryl methyl sites for hydroxylation is 1. The van der Waals surface area contributed by atoms with E-state index in [9.17, 15) is 17.6 Å². The molecule has 1 fully saturated rings. The van der Waals surface area contributed by atoms with Gasteiger partial charge >= 0.3 is 0 Å². The second-order valence-electron chi connectivity index (χ2n) is 5.51.